The van der Waals surface area contributed by atoms with Crippen LogP contribution >= 0.6 is 0 Å². The van der Waals surface area contributed by atoms with Gasteiger partial charge in [0, 0.05) is 5.56 Å². The number of aryl methyl sites for hydroxylation is 1. The molecule has 1 aromatic heterocycles. The lowest BCUT2D eigenvalue weighted by Crippen LogP contribution is -2.21. The molecule has 122 valence electrons. The molecule has 0 unspecified atom stereocenters. The number of carbonyl (C=O) groups is 1. The molecule has 0 saturated heterocycles. The zero-order chi connectivity index (χ0) is 16.2. The van der Waals surface area contributed by atoms with Crippen LogP contribution in [0.15, 0.2) is 28.8 Å². The Hall–Kier alpha value is -2.50. The number of aromatic nitrogens is 1. The van der Waals surface area contributed by atoms with Crippen LogP contribution in [-0.4, -0.2) is 24.8 Å². The van der Waals surface area contributed by atoms with Crippen LogP contribution in [-0.2, 0) is 17.6 Å². The average molecular weight is 316 g/mol. The van der Waals surface area contributed by atoms with E-state index in [0.717, 1.165) is 30.5 Å². The molecule has 0 radical (unpaired) electrons. The maximum absolute atomic E-state index is 12.1. The first-order chi connectivity index (χ1) is 11.2. The molecule has 0 bridgehead atoms. The largest absolute Gasteiger partial charge is 0.493 e. The normalized spacial score (nSPS) is 16.5. The first-order valence-electron chi connectivity index (χ1n) is 7.70. The molecule has 0 spiro atoms. The lowest BCUT2D eigenvalue weighted by Gasteiger charge is -2.16. The van der Waals surface area contributed by atoms with Gasteiger partial charge >= 0.3 is 0 Å². The number of para-hydroxylation sites is 2. The molecule has 1 amide bonds. The SMILES string of the molecule is COc1ccccc1OCC(=O)Nc1onc2c1C[C@@H](C)CC2. The summed E-state index contributed by atoms with van der Waals surface area (Å²) in [4.78, 5) is 12.1. The number of benzene rings is 1. The number of nitrogens with zero attached hydrogens (tertiary/aromatic N) is 1. The van der Waals surface area contributed by atoms with Crippen molar-refractivity contribution in [2.45, 2.75) is 26.2 Å². The minimum atomic E-state index is -0.284. The summed E-state index contributed by atoms with van der Waals surface area (Å²) in [6.45, 7) is 2.07. The van der Waals surface area contributed by atoms with Gasteiger partial charge in [0.1, 0.15) is 0 Å². The van der Waals surface area contributed by atoms with Crippen molar-refractivity contribution in [2.75, 3.05) is 19.0 Å². The molecule has 6 heteroatoms. The maximum atomic E-state index is 12.1. The zero-order valence-corrected chi connectivity index (χ0v) is 13.3. The first-order valence-corrected chi connectivity index (χ1v) is 7.70. The molecular formula is C17H20N2O4. The third-order valence-electron chi connectivity index (χ3n) is 3.98. The van der Waals surface area contributed by atoms with E-state index in [2.05, 4.69) is 17.4 Å². The van der Waals surface area contributed by atoms with Crippen molar-refractivity contribution in [3.8, 4) is 11.5 Å². The summed E-state index contributed by atoms with van der Waals surface area (Å²) in [5, 5.41) is 6.78. The van der Waals surface area contributed by atoms with E-state index in [4.69, 9.17) is 14.0 Å². The summed E-state index contributed by atoms with van der Waals surface area (Å²) in [5.74, 6) is 1.85. The van der Waals surface area contributed by atoms with Crippen molar-refractivity contribution >= 4 is 11.8 Å². The van der Waals surface area contributed by atoms with E-state index in [-0.39, 0.29) is 12.5 Å². The van der Waals surface area contributed by atoms with Gasteiger partial charge in [-0.05, 0) is 37.3 Å². The van der Waals surface area contributed by atoms with Crippen molar-refractivity contribution in [1.82, 2.24) is 5.16 Å². The number of fused-ring (bicyclic) bond motifs is 1. The highest BCUT2D eigenvalue weighted by molar-refractivity contribution is 5.91. The second-order valence-corrected chi connectivity index (χ2v) is 5.77. The van der Waals surface area contributed by atoms with Gasteiger partial charge in [0.15, 0.2) is 18.1 Å². The van der Waals surface area contributed by atoms with Crippen molar-refractivity contribution in [3.05, 3.63) is 35.5 Å². The predicted octanol–water partition coefficient (Wildman–Crippen LogP) is 2.83. The molecule has 0 fully saturated rings. The van der Waals surface area contributed by atoms with Crippen LogP contribution in [0.25, 0.3) is 0 Å². The molecule has 1 N–H and O–H groups in total. The second-order valence-electron chi connectivity index (χ2n) is 5.77. The van der Waals surface area contributed by atoms with Crippen LogP contribution in [0.1, 0.15) is 24.6 Å². The Labute approximate surface area is 134 Å². The molecule has 1 aromatic carbocycles. The lowest BCUT2D eigenvalue weighted by molar-refractivity contribution is -0.118. The second kappa shape index (κ2) is 6.73. The van der Waals surface area contributed by atoms with Gasteiger partial charge in [-0.25, -0.2) is 0 Å². The topological polar surface area (TPSA) is 73.6 Å². The fraction of sp³-hybridized carbons (Fsp3) is 0.412. The smallest absolute Gasteiger partial charge is 0.264 e. The number of hydrogen-bond acceptors (Lipinski definition) is 5. The van der Waals surface area contributed by atoms with Gasteiger partial charge in [0.25, 0.3) is 5.91 Å². The number of nitrogens with one attached hydrogen (secondary N) is 1. The van der Waals surface area contributed by atoms with E-state index in [1.54, 1.807) is 19.2 Å². The Kier molecular flexibility index (Phi) is 4.50. The number of anilines is 1. The van der Waals surface area contributed by atoms with Crippen LogP contribution < -0.4 is 14.8 Å². The molecule has 2 aromatic rings. The summed E-state index contributed by atoms with van der Waals surface area (Å²) in [5.41, 5.74) is 1.96. The highest BCUT2D eigenvalue weighted by Crippen LogP contribution is 2.30. The summed E-state index contributed by atoms with van der Waals surface area (Å²) in [6.07, 6.45) is 2.87. The van der Waals surface area contributed by atoms with Gasteiger partial charge in [-0.15, -0.1) is 0 Å². The average Bonchev–Trinajstić information content (AvgIpc) is 2.95. The highest BCUT2D eigenvalue weighted by Gasteiger charge is 2.24. The Bertz CT molecular complexity index is 696. The summed E-state index contributed by atoms with van der Waals surface area (Å²) in [7, 11) is 1.56. The van der Waals surface area contributed by atoms with Crippen molar-refractivity contribution in [3.63, 3.8) is 0 Å². The quantitative estimate of drug-likeness (QED) is 0.918. The molecule has 0 aliphatic heterocycles. The van der Waals surface area contributed by atoms with Gasteiger partial charge in [-0.3, -0.25) is 10.1 Å². The monoisotopic (exact) mass is 316 g/mol. The number of hydrogen-bond donors (Lipinski definition) is 1. The molecule has 3 rings (SSSR count). The van der Waals surface area contributed by atoms with Gasteiger partial charge in [0.2, 0.25) is 5.88 Å². The Balaban J connectivity index is 1.61. The molecular weight excluding hydrogens is 296 g/mol. The summed E-state index contributed by atoms with van der Waals surface area (Å²) < 4.78 is 16.0. The number of rotatable bonds is 5. The van der Waals surface area contributed by atoms with E-state index >= 15 is 0 Å². The molecule has 23 heavy (non-hydrogen) atoms. The number of methoxy groups -OCH3 is 1. The van der Waals surface area contributed by atoms with Crippen LogP contribution in [0.2, 0.25) is 0 Å². The van der Waals surface area contributed by atoms with Gasteiger partial charge in [-0.1, -0.05) is 24.2 Å². The Morgan fingerprint density at radius 2 is 2.17 bits per heavy atom. The molecule has 1 atom stereocenters. The van der Waals surface area contributed by atoms with E-state index in [0.29, 0.717) is 23.3 Å². The van der Waals surface area contributed by atoms with Crippen LogP contribution in [0.5, 0.6) is 11.5 Å². The first kappa shape index (κ1) is 15.4. The van der Waals surface area contributed by atoms with Crippen molar-refractivity contribution < 1.29 is 18.8 Å². The minimum absolute atomic E-state index is 0.120. The fourth-order valence-corrected chi connectivity index (χ4v) is 2.72. The number of amides is 1. The fourth-order valence-electron chi connectivity index (χ4n) is 2.72. The zero-order valence-electron chi connectivity index (χ0n) is 13.3. The van der Waals surface area contributed by atoms with E-state index in [9.17, 15) is 4.79 Å². The molecule has 1 aliphatic carbocycles. The van der Waals surface area contributed by atoms with Crippen LogP contribution in [0.4, 0.5) is 5.88 Å². The highest BCUT2D eigenvalue weighted by atomic mass is 16.5. The van der Waals surface area contributed by atoms with E-state index in [1.807, 2.05) is 12.1 Å². The molecule has 1 heterocycles. The maximum Gasteiger partial charge on any atom is 0.264 e. The van der Waals surface area contributed by atoms with Gasteiger partial charge < -0.3 is 14.0 Å². The summed E-state index contributed by atoms with van der Waals surface area (Å²) in [6, 6.07) is 7.20. The van der Waals surface area contributed by atoms with Crippen molar-refractivity contribution in [1.29, 1.82) is 0 Å². The van der Waals surface area contributed by atoms with E-state index in [1.165, 1.54) is 0 Å². The summed E-state index contributed by atoms with van der Waals surface area (Å²) >= 11 is 0. The minimum Gasteiger partial charge on any atom is -0.493 e. The third kappa shape index (κ3) is 3.47. The Morgan fingerprint density at radius 3 is 2.96 bits per heavy atom. The van der Waals surface area contributed by atoms with Crippen LogP contribution in [0.3, 0.4) is 0 Å². The predicted molar refractivity (Wildman–Crippen MR) is 84.8 cm³/mol. The van der Waals surface area contributed by atoms with Crippen molar-refractivity contribution in [2.24, 2.45) is 5.92 Å². The lowest BCUT2D eigenvalue weighted by atomic mass is 9.89. The van der Waals surface area contributed by atoms with E-state index < -0.39 is 0 Å². The number of ether oxygens (including phenoxy) is 2. The third-order valence-corrected chi connectivity index (χ3v) is 3.98. The van der Waals surface area contributed by atoms with Gasteiger partial charge in [-0.2, -0.15) is 0 Å². The molecule has 0 saturated carbocycles. The standard InChI is InChI=1S/C17H20N2O4/c1-11-7-8-13-12(9-11)17(23-19-13)18-16(20)10-22-15-6-4-3-5-14(15)21-2/h3-6,11H,7-10H2,1-2H3,(H,18,20)/t11-/m0/s1. The Morgan fingerprint density at radius 1 is 1.39 bits per heavy atom. The molecule has 1 aliphatic rings. The molecule has 6 nitrogen and oxygen atoms in total. The number of carbonyl (C=O) groups excluding carboxylic acids is 1. The van der Waals surface area contributed by atoms with Gasteiger partial charge in [0.05, 0.1) is 12.8 Å². The van der Waals surface area contributed by atoms with Crippen LogP contribution in [0, 0.1) is 5.92 Å².